The zero-order chi connectivity index (χ0) is 9.92. The summed E-state index contributed by atoms with van der Waals surface area (Å²) >= 11 is 0. The van der Waals surface area contributed by atoms with Gasteiger partial charge in [0.2, 0.25) is 0 Å². The summed E-state index contributed by atoms with van der Waals surface area (Å²) in [6.07, 6.45) is 6.84. The van der Waals surface area contributed by atoms with Crippen LogP contribution in [0.3, 0.4) is 0 Å². The monoisotopic (exact) mass is 194 g/mol. The van der Waals surface area contributed by atoms with Gasteiger partial charge in [0.05, 0.1) is 12.2 Å². The molecule has 0 spiro atoms. The van der Waals surface area contributed by atoms with Gasteiger partial charge in [-0.1, -0.05) is 20.8 Å². The van der Waals surface area contributed by atoms with Crippen LogP contribution in [-0.4, -0.2) is 12.2 Å². The minimum absolute atomic E-state index is 0.611. The topological polar surface area (TPSA) is 9.23 Å². The van der Waals surface area contributed by atoms with Gasteiger partial charge in [0, 0.05) is 0 Å². The van der Waals surface area contributed by atoms with E-state index in [1.54, 1.807) is 0 Å². The minimum Gasteiger partial charge on any atom is -0.374 e. The van der Waals surface area contributed by atoms with Gasteiger partial charge in [0.25, 0.3) is 0 Å². The minimum atomic E-state index is 0.611. The van der Waals surface area contributed by atoms with E-state index in [1.165, 1.54) is 25.7 Å². The predicted octanol–water partition coefficient (Wildman–Crippen LogP) is 3.24. The van der Waals surface area contributed by atoms with E-state index in [0.717, 1.165) is 17.8 Å². The van der Waals surface area contributed by atoms with Crippen LogP contribution in [0.15, 0.2) is 0 Å². The SMILES string of the molecule is CC(C)C1(C)CC2C3CCC(O3)C2C1. The van der Waals surface area contributed by atoms with Gasteiger partial charge < -0.3 is 4.74 Å². The van der Waals surface area contributed by atoms with Gasteiger partial charge in [0.15, 0.2) is 0 Å². The standard InChI is InChI=1S/C13H22O/c1-8(2)13(3)6-9-10(7-13)12-5-4-11(9)14-12/h8-12H,4-7H2,1-3H3. The fourth-order valence-electron chi connectivity index (χ4n) is 4.07. The highest BCUT2D eigenvalue weighted by Gasteiger charge is 2.56. The average molecular weight is 194 g/mol. The highest BCUT2D eigenvalue weighted by Crippen LogP contribution is 2.59. The smallest absolute Gasteiger partial charge is 0.0612 e. The first-order chi connectivity index (χ1) is 6.60. The van der Waals surface area contributed by atoms with Gasteiger partial charge in [-0.15, -0.1) is 0 Å². The molecule has 0 aromatic rings. The second-order valence-electron chi connectivity index (χ2n) is 6.34. The van der Waals surface area contributed by atoms with Crippen LogP contribution in [0.5, 0.6) is 0 Å². The third-order valence-corrected chi connectivity index (χ3v) is 5.39. The maximum absolute atomic E-state index is 6.01. The molecule has 2 saturated heterocycles. The fourth-order valence-corrected chi connectivity index (χ4v) is 4.07. The summed E-state index contributed by atoms with van der Waals surface area (Å²) in [5.74, 6) is 2.68. The van der Waals surface area contributed by atoms with E-state index in [9.17, 15) is 0 Å². The molecular formula is C13H22O. The lowest BCUT2D eigenvalue weighted by Crippen LogP contribution is -2.22. The Balaban J connectivity index is 1.82. The second kappa shape index (κ2) is 2.75. The number of hydrogen-bond acceptors (Lipinski definition) is 1. The molecule has 0 amide bonds. The Morgan fingerprint density at radius 2 is 1.57 bits per heavy atom. The highest BCUT2D eigenvalue weighted by molar-refractivity contribution is 5.05. The molecule has 1 heteroatoms. The van der Waals surface area contributed by atoms with Crippen molar-refractivity contribution in [2.45, 2.75) is 58.7 Å². The molecule has 3 aliphatic rings. The molecular weight excluding hydrogens is 172 g/mol. The third kappa shape index (κ3) is 1.05. The Kier molecular flexibility index (Phi) is 1.81. The summed E-state index contributed by atoms with van der Waals surface area (Å²) in [7, 11) is 0. The summed E-state index contributed by atoms with van der Waals surface area (Å²) in [5.41, 5.74) is 0.611. The van der Waals surface area contributed by atoms with Crippen LogP contribution in [0.25, 0.3) is 0 Å². The summed E-state index contributed by atoms with van der Waals surface area (Å²) in [6, 6.07) is 0. The van der Waals surface area contributed by atoms with Crippen LogP contribution in [0.2, 0.25) is 0 Å². The Morgan fingerprint density at radius 1 is 1.07 bits per heavy atom. The number of rotatable bonds is 1. The lowest BCUT2D eigenvalue weighted by atomic mass is 9.76. The Labute approximate surface area is 87.2 Å². The molecule has 2 aliphatic heterocycles. The summed E-state index contributed by atoms with van der Waals surface area (Å²) in [6.45, 7) is 7.28. The predicted molar refractivity (Wildman–Crippen MR) is 57.1 cm³/mol. The van der Waals surface area contributed by atoms with E-state index in [4.69, 9.17) is 4.74 Å². The fraction of sp³-hybridized carbons (Fsp3) is 1.00. The van der Waals surface area contributed by atoms with E-state index < -0.39 is 0 Å². The maximum atomic E-state index is 6.01. The van der Waals surface area contributed by atoms with Crippen LogP contribution < -0.4 is 0 Å². The summed E-state index contributed by atoms with van der Waals surface area (Å²) in [4.78, 5) is 0. The van der Waals surface area contributed by atoms with Gasteiger partial charge in [-0.05, 0) is 48.9 Å². The van der Waals surface area contributed by atoms with E-state index >= 15 is 0 Å². The molecule has 0 aromatic heterocycles. The van der Waals surface area contributed by atoms with Crippen LogP contribution in [-0.2, 0) is 4.74 Å². The molecule has 1 aliphatic carbocycles. The van der Waals surface area contributed by atoms with Gasteiger partial charge in [0.1, 0.15) is 0 Å². The second-order valence-corrected chi connectivity index (χ2v) is 6.34. The average Bonchev–Trinajstić information content (AvgIpc) is 2.72. The quantitative estimate of drug-likeness (QED) is 0.622. The van der Waals surface area contributed by atoms with Crippen molar-refractivity contribution in [1.82, 2.24) is 0 Å². The lowest BCUT2D eigenvalue weighted by Gasteiger charge is -2.30. The molecule has 0 radical (unpaired) electrons. The van der Waals surface area contributed by atoms with Gasteiger partial charge >= 0.3 is 0 Å². The molecule has 80 valence electrons. The number of ether oxygens (including phenoxy) is 1. The third-order valence-electron chi connectivity index (χ3n) is 5.39. The normalized spacial score (nSPS) is 55.7. The number of fused-ring (bicyclic) bond motifs is 5. The molecule has 1 saturated carbocycles. The zero-order valence-corrected chi connectivity index (χ0v) is 9.62. The van der Waals surface area contributed by atoms with Crippen molar-refractivity contribution in [3.8, 4) is 0 Å². The van der Waals surface area contributed by atoms with Gasteiger partial charge in [-0.2, -0.15) is 0 Å². The van der Waals surface area contributed by atoms with E-state index in [0.29, 0.717) is 17.6 Å². The molecule has 3 fully saturated rings. The molecule has 0 aromatic carbocycles. The van der Waals surface area contributed by atoms with Crippen molar-refractivity contribution in [2.75, 3.05) is 0 Å². The molecule has 14 heavy (non-hydrogen) atoms. The molecule has 4 atom stereocenters. The van der Waals surface area contributed by atoms with Crippen molar-refractivity contribution < 1.29 is 4.74 Å². The lowest BCUT2D eigenvalue weighted by molar-refractivity contribution is 0.0592. The molecule has 2 heterocycles. The van der Waals surface area contributed by atoms with Gasteiger partial charge in [-0.3, -0.25) is 0 Å². The first-order valence-electron chi connectivity index (χ1n) is 6.25. The Morgan fingerprint density at radius 3 is 2.00 bits per heavy atom. The molecule has 4 unspecified atom stereocenters. The number of hydrogen-bond donors (Lipinski definition) is 0. The van der Waals surface area contributed by atoms with Crippen molar-refractivity contribution in [2.24, 2.45) is 23.2 Å². The van der Waals surface area contributed by atoms with Crippen molar-refractivity contribution in [3.05, 3.63) is 0 Å². The largest absolute Gasteiger partial charge is 0.374 e. The van der Waals surface area contributed by atoms with E-state index in [1.807, 2.05) is 0 Å². The van der Waals surface area contributed by atoms with E-state index in [-0.39, 0.29) is 0 Å². The first-order valence-corrected chi connectivity index (χ1v) is 6.25. The van der Waals surface area contributed by atoms with Gasteiger partial charge in [-0.25, -0.2) is 0 Å². The van der Waals surface area contributed by atoms with Crippen LogP contribution in [0, 0.1) is 23.2 Å². The zero-order valence-electron chi connectivity index (χ0n) is 9.62. The summed E-state index contributed by atoms with van der Waals surface area (Å²) in [5, 5.41) is 0. The van der Waals surface area contributed by atoms with Crippen molar-refractivity contribution >= 4 is 0 Å². The van der Waals surface area contributed by atoms with Crippen LogP contribution >= 0.6 is 0 Å². The maximum Gasteiger partial charge on any atom is 0.0612 e. The molecule has 1 nitrogen and oxygen atoms in total. The highest BCUT2D eigenvalue weighted by atomic mass is 16.5. The molecule has 0 N–H and O–H groups in total. The molecule has 2 bridgehead atoms. The van der Waals surface area contributed by atoms with Crippen molar-refractivity contribution in [3.63, 3.8) is 0 Å². The van der Waals surface area contributed by atoms with Crippen LogP contribution in [0.4, 0.5) is 0 Å². The van der Waals surface area contributed by atoms with Crippen molar-refractivity contribution in [1.29, 1.82) is 0 Å². The van der Waals surface area contributed by atoms with Crippen LogP contribution in [0.1, 0.15) is 46.5 Å². The van der Waals surface area contributed by atoms with E-state index in [2.05, 4.69) is 20.8 Å². The Bertz CT molecular complexity index is 228. The molecule has 3 rings (SSSR count). The Hall–Kier alpha value is -0.0400. The first kappa shape index (κ1) is 9.21. The summed E-state index contributed by atoms with van der Waals surface area (Å²) < 4.78 is 6.01.